The van der Waals surface area contributed by atoms with Gasteiger partial charge in [-0.3, -0.25) is 4.99 Å². The average Bonchev–Trinajstić information content (AvgIpc) is 2.39. The van der Waals surface area contributed by atoms with Crippen LogP contribution in [0.2, 0.25) is 0 Å². The molecule has 0 saturated heterocycles. The van der Waals surface area contributed by atoms with Crippen LogP contribution >= 0.6 is 24.0 Å². The summed E-state index contributed by atoms with van der Waals surface area (Å²) in [4.78, 5) is 4.14. The molecule has 9 heteroatoms. The van der Waals surface area contributed by atoms with Crippen LogP contribution in [0.25, 0.3) is 0 Å². The zero-order valence-electron chi connectivity index (χ0n) is 12.9. The summed E-state index contributed by atoms with van der Waals surface area (Å²) in [6.45, 7) is 2.85. The van der Waals surface area contributed by atoms with Crippen LogP contribution in [0.3, 0.4) is 0 Å². The van der Waals surface area contributed by atoms with Gasteiger partial charge < -0.3 is 20.5 Å². The van der Waals surface area contributed by atoms with Crippen LogP contribution in [-0.2, 0) is 11.2 Å². The molecule has 0 heterocycles. The first-order valence-corrected chi connectivity index (χ1v) is 6.70. The lowest BCUT2D eigenvalue weighted by atomic mass is 10.1. The number of halogens is 4. The molecule has 0 spiro atoms. The summed E-state index contributed by atoms with van der Waals surface area (Å²) in [5.41, 5.74) is 6.54. The Balaban J connectivity index is 0.00000484. The van der Waals surface area contributed by atoms with Crippen LogP contribution in [0.15, 0.2) is 29.3 Å². The van der Waals surface area contributed by atoms with Crippen LogP contribution in [0.5, 0.6) is 5.75 Å². The first-order valence-electron chi connectivity index (χ1n) is 6.70. The molecule has 1 unspecified atom stereocenters. The fraction of sp³-hybridized carbons (Fsp3) is 0.500. The molecule has 0 amide bonds. The third kappa shape index (κ3) is 10.2. The molecular weight excluding hydrogens is 426 g/mol. The highest BCUT2D eigenvalue weighted by Crippen LogP contribution is 2.22. The fourth-order valence-corrected chi connectivity index (χ4v) is 1.75. The topological polar surface area (TPSA) is 68.9 Å². The van der Waals surface area contributed by atoms with Crippen molar-refractivity contribution in [1.82, 2.24) is 5.32 Å². The standard InChI is InChI=1S/C14H20F3N3O2.HI/c1-10(9-21-2)20-13(18)19-8-7-11-3-5-12(6-4-11)22-14(15,16)17;/h3-6,10H,7-9H2,1-2H3,(H3,18,19,20);1H. The molecule has 0 aliphatic carbocycles. The lowest BCUT2D eigenvalue weighted by molar-refractivity contribution is -0.274. The quantitative estimate of drug-likeness (QED) is 0.383. The smallest absolute Gasteiger partial charge is 0.406 e. The van der Waals surface area contributed by atoms with E-state index in [1.165, 1.54) is 12.1 Å². The van der Waals surface area contributed by atoms with Gasteiger partial charge in [-0.1, -0.05) is 12.1 Å². The normalized spacial score (nSPS) is 13.2. The number of aliphatic imine (C=N–C) groups is 1. The molecule has 0 aliphatic heterocycles. The molecule has 0 aliphatic rings. The lowest BCUT2D eigenvalue weighted by Crippen LogP contribution is -2.40. The van der Waals surface area contributed by atoms with E-state index in [4.69, 9.17) is 10.5 Å². The monoisotopic (exact) mass is 447 g/mol. The summed E-state index contributed by atoms with van der Waals surface area (Å²) < 4.78 is 44.8. The minimum absolute atomic E-state index is 0. The second-order valence-corrected chi connectivity index (χ2v) is 4.71. The van der Waals surface area contributed by atoms with E-state index in [1.807, 2.05) is 6.92 Å². The first kappa shape index (κ1) is 21.8. The van der Waals surface area contributed by atoms with Gasteiger partial charge in [-0.25, -0.2) is 0 Å². The SMILES string of the molecule is COCC(C)NC(N)=NCCc1ccc(OC(F)(F)F)cc1.I. The Morgan fingerprint density at radius 2 is 1.91 bits per heavy atom. The summed E-state index contributed by atoms with van der Waals surface area (Å²) in [5, 5.41) is 2.96. The van der Waals surface area contributed by atoms with Crippen molar-refractivity contribution >= 4 is 29.9 Å². The Hall–Kier alpha value is -1.23. The number of guanidine groups is 1. The zero-order valence-corrected chi connectivity index (χ0v) is 15.2. The Labute approximate surface area is 150 Å². The molecule has 1 aromatic carbocycles. The van der Waals surface area contributed by atoms with E-state index in [0.29, 0.717) is 25.5 Å². The Bertz CT molecular complexity index is 481. The number of rotatable bonds is 7. The van der Waals surface area contributed by atoms with Crippen molar-refractivity contribution in [2.75, 3.05) is 20.3 Å². The van der Waals surface area contributed by atoms with Gasteiger partial charge in [0.2, 0.25) is 0 Å². The van der Waals surface area contributed by atoms with Crippen LogP contribution in [0.1, 0.15) is 12.5 Å². The molecule has 5 nitrogen and oxygen atoms in total. The molecule has 1 atom stereocenters. The number of nitrogens with two attached hydrogens (primary N) is 1. The van der Waals surface area contributed by atoms with E-state index in [9.17, 15) is 13.2 Å². The number of benzene rings is 1. The molecule has 23 heavy (non-hydrogen) atoms. The molecule has 132 valence electrons. The summed E-state index contributed by atoms with van der Waals surface area (Å²) >= 11 is 0. The molecule has 1 rings (SSSR count). The van der Waals surface area contributed by atoms with Crippen molar-refractivity contribution < 1.29 is 22.6 Å². The molecule has 0 radical (unpaired) electrons. The fourth-order valence-electron chi connectivity index (χ4n) is 1.75. The van der Waals surface area contributed by atoms with E-state index < -0.39 is 6.36 Å². The second-order valence-electron chi connectivity index (χ2n) is 4.71. The highest BCUT2D eigenvalue weighted by atomic mass is 127. The summed E-state index contributed by atoms with van der Waals surface area (Å²) in [6.07, 6.45) is -4.11. The molecule has 1 aromatic rings. The van der Waals surface area contributed by atoms with Crippen LogP contribution < -0.4 is 15.8 Å². The van der Waals surface area contributed by atoms with Crippen molar-refractivity contribution in [3.8, 4) is 5.75 Å². The number of methoxy groups -OCH3 is 1. The number of nitrogens with zero attached hydrogens (tertiary/aromatic N) is 1. The lowest BCUT2D eigenvalue weighted by Gasteiger charge is -2.13. The van der Waals surface area contributed by atoms with Crippen LogP contribution in [0.4, 0.5) is 13.2 Å². The van der Waals surface area contributed by atoms with Gasteiger partial charge >= 0.3 is 6.36 Å². The van der Waals surface area contributed by atoms with Crippen molar-refractivity contribution in [3.05, 3.63) is 29.8 Å². The van der Waals surface area contributed by atoms with E-state index in [1.54, 1.807) is 19.2 Å². The third-order valence-electron chi connectivity index (χ3n) is 2.65. The number of hydrogen-bond donors (Lipinski definition) is 2. The van der Waals surface area contributed by atoms with Crippen LogP contribution in [0, 0.1) is 0 Å². The minimum Gasteiger partial charge on any atom is -0.406 e. The van der Waals surface area contributed by atoms with Crippen molar-refractivity contribution in [1.29, 1.82) is 0 Å². The van der Waals surface area contributed by atoms with E-state index in [2.05, 4.69) is 15.0 Å². The highest BCUT2D eigenvalue weighted by Gasteiger charge is 2.30. The van der Waals surface area contributed by atoms with E-state index >= 15 is 0 Å². The summed E-state index contributed by atoms with van der Waals surface area (Å²) in [6, 6.07) is 5.72. The molecule has 0 fully saturated rings. The van der Waals surface area contributed by atoms with Gasteiger partial charge in [-0.15, -0.1) is 37.1 Å². The number of ether oxygens (including phenoxy) is 2. The maximum atomic E-state index is 12.0. The second kappa shape index (κ2) is 10.5. The van der Waals surface area contributed by atoms with Crippen molar-refractivity contribution in [2.24, 2.45) is 10.7 Å². The predicted molar refractivity (Wildman–Crippen MR) is 93.2 cm³/mol. The number of alkyl halides is 3. The van der Waals surface area contributed by atoms with Gasteiger partial charge in [0.15, 0.2) is 5.96 Å². The largest absolute Gasteiger partial charge is 0.573 e. The minimum atomic E-state index is -4.68. The van der Waals surface area contributed by atoms with Gasteiger partial charge in [0.05, 0.1) is 6.61 Å². The van der Waals surface area contributed by atoms with Gasteiger partial charge in [0.25, 0.3) is 0 Å². The van der Waals surface area contributed by atoms with Crippen molar-refractivity contribution in [2.45, 2.75) is 25.7 Å². The van der Waals surface area contributed by atoms with Gasteiger partial charge in [0, 0.05) is 19.7 Å². The molecule has 0 saturated carbocycles. The van der Waals surface area contributed by atoms with Gasteiger partial charge in [0.1, 0.15) is 5.75 Å². The highest BCUT2D eigenvalue weighted by molar-refractivity contribution is 14.0. The maximum Gasteiger partial charge on any atom is 0.573 e. The third-order valence-corrected chi connectivity index (χ3v) is 2.65. The Morgan fingerprint density at radius 1 is 1.30 bits per heavy atom. The summed E-state index contributed by atoms with van der Waals surface area (Å²) in [7, 11) is 1.59. The molecule has 0 bridgehead atoms. The molecule has 3 N–H and O–H groups in total. The average molecular weight is 447 g/mol. The Morgan fingerprint density at radius 3 is 2.43 bits per heavy atom. The number of nitrogens with one attached hydrogen (secondary N) is 1. The van der Waals surface area contributed by atoms with E-state index in [0.717, 1.165) is 5.56 Å². The maximum absolute atomic E-state index is 12.0. The number of hydrogen-bond acceptors (Lipinski definition) is 3. The zero-order chi connectivity index (χ0) is 16.6. The first-order chi connectivity index (χ1) is 10.3. The van der Waals surface area contributed by atoms with Crippen molar-refractivity contribution in [3.63, 3.8) is 0 Å². The van der Waals surface area contributed by atoms with Gasteiger partial charge in [-0.05, 0) is 31.0 Å². The molecular formula is C14H21F3IN3O2. The van der Waals surface area contributed by atoms with E-state index in [-0.39, 0.29) is 35.8 Å². The van der Waals surface area contributed by atoms with Crippen LogP contribution in [-0.4, -0.2) is 38.6 Å². The molecule has 0 aromatic heterocycles. The Kier molecular flexibility index (Phi) is 9.96. The predicted octanol–water partition coefficient (Wildman–Crippen LogP) is 2.68. The summed E-state index contributed by atoms with van der Waals surface area (Å²) in [5.74, 6) is 0.0656. The van der Waals surface area contributed by atoms with Gasteiger partial charge in [-0.2, -0.15) is 0 Å².